The van der Waals surface area contributed by atoms with Gasteiger partial charge in [0.15, 0.2) is 29.1 Å². The van der Waals surface area contributed by atoms with E-state index in [4.69, 9.17) is 0 Å². The van der Waals surface area contributed by atoms with Crippen molar-refractivity contribution >= 4 is 62.2 Å². The molecule has 1 N–H and O–H groups in total. The molecule has 2 aromatic rings. The van der Waals surface area contributed by atoms with Crippen molar-refractivity contribution in [2.45, 2.75) is 34.6 Å². The van der Waals surface area contributed by atoms with E-state index in [1.165, 1.54) is 77.3 Å². The first-order valence-corrected chi connectivity index (χ1v) is 14.5. The Morgan fingerprint density at radius 3 is 1.95 bits per heavy atom. The van der Waals surface area contributed by atoms with Gasteiger partial charge in [-0.3, -0.25) is 0 Å². The zero-order valence-corrected chi connectivity index (χ0v) is 25.3. The lowest BCUT2D eigenvalue weighted by Crippen LogP contribution is -2.22. The topological polar surface area (TPSA) is 12.0 Å². The monoisotopic (exact) mass is 535 g/mol. The Balaban J connectivity index is 1.24. The third kappa shape index (κ3) is 4.66. The van der Waals surface area contributed by atoms with Gasteiger partial charge in [0.25, 0.3) is 0 Å². The highest BCUT2D eigenvalue weighted by atomic mass is 14.9. The number of fused-ring (bicyclic) bond motifs is 3. The number of hydrogen-bond donors (Lipinski definition) is 1. The molecule has 4 aliphatic rings. The Morgan fingerprint density at radius 2 is 1.26 bits per heavy atom. The van der Waals surface area contributed by atoms with Crippen molar-refractivity contribution in [2.24, 2.45) is 0 Å². The molecule has 42 heavy (non-hydrogen) atoms. The maximum Gasteiger partial charge on any atom is 0.193 e. The van der Waals surface area contributed by atoms with Crippen LogP contribution in [-0.2, 0) is 0 Å². The van der Waals surface area contributed by atoms with Gasteiger partial charge in [-0.05, 0) is 74.3 Å². The van der Waals surface area contributed by atoms with Crippen LogP contribution in [0.15, 0.2) is 136 Å². The molecule has 2 aromatic carbocycles. The van der Waals surface area contributed by atoms with Crippen LogP contribution >= 0.6 is 0 Å². The van der Waals surface area contributed by atoms with Crippen LogP contribution in [0, 0.1) is 0 Å². The van der Waals surface area contributed by atoms with E-state index >= 15 is 0 Å². The minimum absolute atomic E-state index is 0.907. The molecule has 0 bridgehead atoms. The van der Waals surface area contributed by atoms with Crippen molar-refractivity contribution in [3.8, 4) is 0 Å². The molecule has 0 unspecified atom stereocenters. The second-order valence-electron chi connectivity index (χ2n) is 11.5. The van der Waals surface area contributed by atoms with Gasteiger partial charge in [0.2, 0.25) is 0 Å². The van der Waals surface area contributed by atoms with Crippen LogP contribution in [0.5, 0.6) is 0 Å². The summed E-state index contributed by atoms with van der Waals surface area (Å²) in [5, 5.41) is 3.57. The van der Waals surface area contributed by atoms with Gasteiger partial charge in [0.05, 0.1) is 0 Å². The van der Waals surface area contributed by atoms with Gasteiger partial charge < -0.3 is 5.32 Å². The van der Waals surface area contributed by atoms with Gasteiger partial charge in [-0.1, -0.05) is 130 Å². The molecule has 1 nitrogen and oxygen atoms in total. The normalized spacial score (nSPS) is 17.5. The SMILES string of the molecule is C=CC1=C(/C=C(\C=C)N/C(C=C)=C/C2=C(C)C(C)=C(C3=C(C)c4ccccc4[B]3)[B]2)[B]c2cc3c(cc21)[B]C(C)=C3C. The predicted octanol–water partition coefficient (Wildman–Crippen LogP) is 5.79. The van der Waals surface area contributed by atoms with Crippen molar-refractivity contribution < 1.29 is 0 Å². The molecule has 0 atom stereocenters. The van der Waals surface area contributed by atoms with E-state index in [1.807, 2.05) is 18.2 Å². The summed E-state index contributed by atoms with van der Waals surface area (Å²) >= 11 is 0. The molecule has 0 saturated heterocycles. The average Bonchev–Trinajstić information content (AvgIpc) is 3.68. The Kier molecular flexibility index (Phi) is 7.31. The minimum Gasteiger partial charge on any atom is -0.356 e. The molecule has 0 saturated carbocycles. The lowest BCUT2D eigenvalue weighted by molar-refractivity contribution is 1.05. The fourth-order valence-electron chi connectivity index (χ4n) is 6.40. The maximum atomic E-state index is 4.14. The highest BCUT2D eigenvalue weighted by molar-refractivity contribution is 6.73. The summed E-state index contributed by atoms with van der Waals surface area (Å²) in [6, 6.07) is 13.2. The van der Waals surface area contributed by atoms with Gasteiger partial charge >= 0.3 is 0 Å². The third-order valence-electron chi connectivity index (χ3n) is 9.11. The number of hydrogen-bond acceptors (Lipinski definition) is 1. The van der Waals surface area contributed by atoms with Gasteiger partial charge in [0.1, 0.15) is 0 Å². The van der Waals surface area contributed by atoms with Crippen LogP contribution in [0.3, 0.4) is 0 Å². The van der Waals surface area contributed by atoms with Crippen molar-refractivity contribution in [3.05, 3.63) is 153 Å². The number of benzene rings is 2. The van der Waals surface area contributed by atoms with Crippen LogP contribution in [0.2, 0.25) is 0 Å². The number of allylic oxidation sites excluding steroid dienone is 15. The molecule has 0 spiro atoms. The molecule has 198 valence electrons. The first-order valence-electron chi connectivity index (χ1n) is 14.5. The number of nitrogens with one attached hydrogen (secondary N) is 1. The van der Waals surface area contributed by atoms with E-state index in [9.17, 15) is 0 Å². The van der Waals surface area contributed by atoms with Crippen molar-refractivity contribution in [1.82, 2.24) is 5.32 Å². The maximum absolute atomic E-state index is 4.14. The molecule has 0 aliphatic carbocycles. The zero-order valence-electron chi connectivity index (χ0n) is 25.3. The van der Waals surface area contributed by atoms with Crippen LogP contribution in [0.4, 0.5) is 0 Å². The Morgan fingerprint density at radius 1 is 0.619 bits per heavy atom. The molecule has 0 fully saturated rings. The molecule has 0 amide bonds. The lowest BCUT2D eigenvalue weighted by atomic mass is 9.53. The Hall–Kier alpha value is -4.10. The molecule has 0 aromatic heterocycles. The average molecular weight is 535 g/mol. The van der Waals surface area contributed by atoms with Crippen LogP contribution in [0.1, 0.15) is 51.3 Å². The lowest BCUT2D eigenvalue weighted by Gasteiger charge is -2.11. The summed E-state index contributed by atoms with van der Waals surface area (Å²) < 4.78 is 0. The second-order valence-corrected chi connectivity index (χ2v) is 11.5. The second kappa shape index (κ2) is 11.0. The van der Waals surface area contributed by atoms with E-state index in [1.54, 1.807) is 0 Å². The van der Waals surface area contributed by atoms with Crippen molar-refractivity contribution in [1.29, 1.82) is 0 Å². The first-order chi connectivity index (χ1) is 20.2. The molecule has 4 radical (unpaired) electrons. The predicted molar refractivity (Wildman–Crippen MR) is 188 cm³/mol. The van der Waals surface area contributed by atoms with E-state index in [-0.39, 0.29) is 0 Å². The van der Waals surface area contributed by atoms with Crippen LogP contribution in [-0.4, -0.2) is 29.1 Å². The van der Waals surface area contributed by atoms with E-state index < -0.39 is 0 Å². The molecule has 4 aliphatic heterocycles. The van der Waals surface area contributed by atoms with Crippen LogP contribution < -0.4 is 21.7 Å². The Labute approximate surface area is 254 Å². The summed E-state index contributed by atoms with van der Waals surface area (Å²) in [6.45, 7) is 23.4. The highest BCUT2D eigenvalue weighted by Gasteiger charge is 2.28. The fourth-order valence-corrected chi connectivity index (χ4v) is 6.40. The molecule has 6 rings (SSSR count). The fraction of sp³-hybridized carbons (Fsp3) is 0.135. The summed E-state index contributed by atoms with van der Waals surface area (Å²) in [4.78, 5) is 0. The first kappa shape index (κ1) is 28.0. The summed E-state index contributed by atoms with van der Waals surface area (Å²) in [5.74, 6) is 0. The molecular formula is C37H33B4N. The molecular weight excluding hydrogens is 502 g/mol. The van der Waals surface area contributed by atoms with Gasteiger partial charge in [-0.2, -0.15) is 0 Å². The number of rotatable bonds is 8. The summed E-state index contributed by atoms with van der Waals surface area (Å²) in [5.41, 5.74) is 22.1. The highest BCUT2D eigenvalue weighted by Crippen LogP contribution is 2.36. The smallest absolute Gasteiger partial charge is 0.193 e. The standard InChI is InChI=1S/C37H33B4N/c1-9-25(16-32-20(4)21(5)36(41-32)37-23(7)28-14-12-13-15-31(28)40-37)42-26(10-2)17-33-27(11-3)30-19-34-29(18-35(30)39-33)22(6)24(8)38-34/h9-19,42H,1-3H2,4-8H3/b25-16+,26-17+. The van der Waals surface area contributed by atoms with Crippen molar-refractivity contribution in [3.63, 3.8) is 0 Å². The molecule has 4 heterocycles. The van der Waals surface area contributed by atoms with Crippen LogP contribution in [0.25, 0.3) is 16.7 Å². The van der Waals surface area contributed by atoms with Crippen molar-refractivity contribution in [2.75, 3.05) is 0 Å². The van der Waals surface area contributed by atoms with E-state index in [0.29, 0.717) is 0 Å². The van der Waals surface area contributed by atoms with Gasteiger partial charge in [-0.15, -0.1) is 5.47 Å². The van der Waals surface area contributed by atoms with Gasteiger partial charge in [0, 0.05) is 11.4 Å². The summed E-state index contributed by atoms with van der Waals surface area (Å²) in [7, 11) is 9.15. The minimum atomic E-state index is 0.907. The molecule has 5 heteroatoms. The van der Waals surface area contributed by atoms with E-state index in [2.05, 4.69) is 137 Å². The van der Waals surface area contributed by atoms with E-state index in [0.717, 1.165) is 22.4 Å². The quantitative estimate of drug-likeness (QED) is 0.334. The summed E-state index contributed by atoms with van der Waals surface area (Å²) in [6.07, 6.45) is 10.0. The van der Waals surface area contributed by atoms with Gasteiger partial charge in [-0.25, -0.2) is 0 Å². The largest absolute Gasteiger partial charge is 0.356 e. The Bertz CT molecular complexity index is 1830. The zero-order chi connectivity index (χ0) is 29.7. The third-order valence-corrected chi connectivity index (χ3v) is 9.11.